The Kier molecular flexibility index (Phi) is 8.85. The fourth-order valence-electron chi connectivity index (χ4n) is 3.29. The van der Waals surface area contributed by atoms with Crippen LogP contribution in [0.2, 0.25) is 5.02 Å². The Morgan fingerprint density at radius 2 is 1.80 bits per heavy atom. The molecule has 162 valence electrons. The first kappa shape index (κ1) is 23.9. The lowest BCUT2D eigenvalue weighted by atomic mass is 10.0. The maximum absolute atomic E-state index is 14.3. The highest BCUT2D eigenvalue weighted by molar-refractivity contribution is 6.31. The molecule has 2 aromatic rings. The van der Waals surface area contributed by atoms with Crippen molar-refractivity contribution in [3.05, 3.63) is 70.0 Å². The van der Waals surface area contributed by atoms with E-state index in [0.29, 0.717) is 6.42 Å². The number of hydrogen-bond acceptors (Lipinski definition) is 2. The number of amides is 2. The molecule has 2 rings (SSSR count). The van der Waals surface area contributed by atoms with Gasteiger partial charge in [-0.3, -0.25) is 9.59 Å². The maximum atomic E-state index is 14.3. The van der Waals surface area contributed by atoms with Gasteiger partial charge < -0.3 is 10.2 Å². The molecule has 6 heteroatoms. The second kappa shape index (κ2) is 11.1. The number of carbonyl (C=O) groups is 2. The van der Waals surface area contributed by atoms with Gasteiger partial charge in [-0.1, -0.05) is 55.8 Å². The van der Waals surface area contributed by atoms with Gasteiger partial charge in [-0.05, 0) is 49.9 Å². The molecule has 0 radical (unpaired) electrons. The number of nitrogens with one attached hydrogen (secondary N) is 1. The Morgan fingerprint density at radius 1 is 1.10 bits per heavy atom. The average Bonchev–Trinajstić information content (AvgIpc) is 2.71. The first-order valence-corrected chi connectivity index (χ1v) is 10.7. The molecule has 4 nitrogen and oxygen atoms in total. The number of nitrogens with zero attached hydrogens (tertiary/aromatic N) is 1. The van der Waals surface area contributed by atoms with E-state index in [0.717, 1.165) is 17.5 Å². The molecule has 2 unspecified atom stereocenters. The third-order valence-corrected chi connectivity index (χ3v) is 5.73. The lowest BCUT2D eigenvalue weighted by Crippen LogP contribution is -2.51. The van der Waals surface area contributed by atoms with Crippen molar-refractivity contribution in [1.29, 1.82) is 0 Å². The van der Waals surface area contributed by atoms with Gasteiger partial charge in [-0.2, -0.15) is 0 Å². The molecule has 2 atom stereocenters. The van der Waals surface area contributed by atoms with Crippen LogP contribution < -0.4 is 5.32 Å². The summed E-state index contributed by atoms with van der Waals surface area (Å²) in [4.78, 5) is 27.8. The molecule has 0 aliphatic rings. The van der Waals surface area contributed by atoms with Crippen LogP contribution in [0.5, 0.6) is 0 Å². The van der Waals surface area contributed by atoms with E-state index in [1.165, 1.54) is 12.1 Å². The van der Waals surface area contributed by atoms with E-state index >= 15 is 0 Å². The Hall–Kier alpha value is -2.40. The summed E-state index contributed by atoms with van der Waals surface area (Å²) in [6, 6.07) is 11.4. The van der Waals surface area contributed by atoms with Crippen LogP contribution in [0, 0.1) is 12.7 Å². The predicted molar refractivity (Wildman–Crippen MR) is 119 cm³/mol. The Morgan fingerprint density at radius 3 is 2.40 bits per heavy atom. The molecule has 1 N–H and O–H groups in total. The largest absolute Gasteiger partial charge is 0.352 e. The van der Waals surface area contributed by atoms with E-state index in [1.54, 1.807) is 11.0 Å². The molecule has 0 aliphatic carbocycles. The van der Waals surface area contributed by atoms with Gasteiger partial charge >= 0.3 is 0 Å². The van der Waals surface area contributed by atoms with Gasteiger partial charge in [0.15, 0.2) is 0 Å². The maximum Gasteiger partial charge on any atom is 0.243 e. The van der Waals surface area contributed by atoms with E-state index in [2.05, 4.69) is 5.32 Å². The Balaban J connectivity index is 2.37. The highest BCUT2D eigenvalue weighted by Crippen LogP contribution is 2.22. The van der Waals surface area contributed by atoms with Crippen LogP contribution in [-0.4, -0.2) is 28.8 Å². The molecule has 30 heavy (non-hydrogen) atoms. The van der Waals surface area contributed by atoms with Gasteiger partial charge in [-0.15, -0.1) is 0 Å². The van der Waals surface area contributed by atoms with E-state index in [-0.39, 0.29) is 41.4 Å². The average molecular weight is 433 g/mol. The lowest BCUT2D eigenvalue weighted by Gasteiger charge is -2.32. The van der Waals surface area contributed by atoms with Crippen molar-refractivity contribution in [2.45, 2.75) is 65.6 Å². The number of rotatable bonds is 9. The normalized spacial score (nSPS) is 12.9. The van der Waals surface area contributed by atoms with Gasteiger partial charge in [0, 0.05) is 23.2 Å². The smallest absolute Gasteiger partial charge is 0.243 e. The summed E-state index contributed by atoms with van der Waals surface area (Å²) in [7, 11) is 0. The molecule has 0 heterocycles. The van der Waals surface area contributed by atoms with Gasteiger partial charge in [-0.25, -0.2) is 4.39 Å². The van der Waals surface area contributed by atoms with Crippen molar-refractivity contribution in [2.75, 3.05) is 0 Å². The fourth-order valence-corrected chi connectivity index (χ4v) is 3.52. The van der Waals surface area contributed by atoms with Crippen molar-refractivity contribution in [3.63, 3.8) is 0 Å². The van der Waals surface area contributed by atoms with Crippen LogP contribution in [-0.2, 0) is 22.6 Å². The summed E-state index contributed by atoms with van der Waals surface area (Å²) in [6.07, 6.45) is 1.04. The minimum absolute atomic E-state index is 0.00276. The fraction of sp³-hybridized carbons (Fsp3) is 0.417. The van der Waals surface area contributed by atoms with Crippen molar-refractivity contribution in [3.8, 4) is 0 Å². The topological polar surface area (TPSA) is 49.4 Å². The number of hydrogen-bond donors (Lipinski definition) is 1. The summed E-state index contributed by atoms with van der Waals surface area (Å²) in [5.41, 5.74) is 2.12. The highest BCUT2D eigenvalue weighted by Gasteiger charge is 2.30. The molecular formula is C24H30ClFN2O2. The zero-order chi connectivity index (χ0) is 22.3. The van der Waals surface area contributed by atoms with E-state index in [1.807, 2.05) is 52.0 Å². The zero-order valence-electron chi connectivity index (χ0n) is 18.0. The van der Waals surface area contributed by atoms with Crippen molar-refractivity contribution in [2.24, 2.45) is 0 Å². The van der Waals surface area contributed by atoms with Crippen molar-refractivity contribution in [1.82, 2.24) is 10.2 Å². The van der Waals surface area contributed by atoms with Crippen LogP contribution in [0.3, 0.4) is 0 Å². The zero-order valence-corrected chi connectivity index (χ0v) is 18.8. The molecule has 0 aromatic heterocycles. The van der Waals surface area contributed by atoms with Crippen LogP contribution in [0.25, 0.3) is 0 Å². The van der Waals surface area contributed by atoms with E-state index in [9.17, 15) is 14.0 Å². The van der Waals surface area contributed by atoms with Crippen LogP contribution in [0.4, 0.5) is 4.39 Å². The first-order chi connectivity index (χ1) is 14.3. The highest BCUT2D eigenvalue weighted by atomic mass is 35.5. The molecule has 0 saturated carbocycles. The number of aryl methyl sites for hydroxylation is 1. The Bertz CT molecular complexity index is 867. The molecule has 0 spiro atoms. The van der Waals surface area contributed by atoms with Crippen LogP contribution in [0.1, 0.15) is 50.3 Å². The predicted octanol–water partition coefficient (Wildman–Crippen LogP) is 5.05. The summed E-state index contributed by atoms with van der Waals surface area (Å²) >= 11 is 6.14. The van der Waals surface area contributed by atoms with E-state index < -0.39 is 11.9 Å². The molecule has 0 saturated heterocycles. The van der Waals surface area contributed by atoms with Crippen molar-refractivity contribution >= 4 is 23.4 Å². The molecule has 0 fully saturated rings. The third kappa shape index (κ3) is 6.05. The summed E-state index contributed by atoms with van der Waals surface area (Å²) in [5.74, 6) is -1.06. The molecule has 0 aliphatic heterocycles. The minimum atomic E-state index is -0.656. The van der Waals surface area contributed by atoms with Crippen molar-refractivity contribution < 1.29 is 14.0 Å². The minimum Gasteiger partial charge on any atom is -0.352 e. The molecule has 2 aromatic carbocycles. The molecule has 2 amide bonds. The van der Waals surface area contributed by atoms with Gasteiger partial charge in [0.25, 0.3) is 0 Å². The van der Waals surface area contributed by atoms with Crippen LogP contribution in [0.15, 0.2) is 42.5 Å². The van der Waals surface area contributed by atoms with E-state index in [4.69, 9.17) is 11.6 Å². The molecular weight excluding hydrogens is 403 g/mol. The first-order valence-electron chi connectivity index (χ1n) is 10.4. The summed E-state index contributed by atoms with van der Waals surface area (Å²) < 4.78 is 14.3. The number of benzene rings is 2. The summed E-state index contributed by atoms with van der Waals surface area (Å²) in [5, 5.41) is 3.17. The summed E-state index contributed by atoms with van der Waals surface area (Å²) in [6.45, 7) is 8.02. The van der Waals surface area contributed by atoms with Gasteiger partial charge in [0.05, 0.1) is 6.42 Å². The lowest BCUT2D eigenvalue weighted by molar-refractivity contribution is -0.141. The second-order valence-corrected chi connectivity index (χ2v) is 7.97. The van der Waals surface area contributed by atoms with Gasteiger partial charge in [0.2, 0.25) is 11.8 Å². The standard InChI is InChI=1S/C24H30ClFN2O2/c1-5-17(4)27-24(30)22(6-2)28(15-18-11-8-7-10-16(18)3)23(29)14-19-20(25)12-9-13-21(19)26/h7-13,17,22H,5-6,14-15H2,1-4H3,(H,27,30). The second-order valence-electron chi connectivity index (χ2n) is 7.57. The third-order valence-electron chi connectivity index (χ3n) is 5.38. The molecule has 0 bridgehead atoms. The number of carbonyl (C=O) groups excluding carboxylic acids is 2. The Labute approximate surface area is 183 Å². The quantitative estimate of drug-likeness (QED) is 0.602. The monoisotopic (exact) mass is 432 g/mol. The van der Waals surface area contributed by atoms with Gasteiger partial charge in [0.1, 0.15) is 11.9 Å². The van der Waals surface area contributed by atoms with Crippen LogP contribution >= 0.6 is 11.6 Å². The SMILES string of the molecule is CCC(C)NC(=O)C(CC)N(Cc1ccccc1C)C(=O)Cc1c(F)cccc1Cl. The number of halogens is 2.